The monoisotopic (exact) mass is 303 g/mol. The molecule has 1 aromatic heterocycles. The summed E-state index contributed by atoms with van der Waals surface area (Å²) >= 11 is 12.2. The number of hydrogen-bond acceptors (Lipinski definition) is 3. The smallest absolute Gasteiger partial charge is 0.147 e. The Kier molecular flexibility index (Phi) is 7.32. The van der Waals surface area contributed by atoms with Crippen molar-refractivity contribution < 1.29 is 0 Å². The van der Waals surface area contributed by atoms with Gasteiger partial charge < -0.3 is 10.6 Å². The highest BCUT2D eigenvalue weighted by molar-refractivity contribution is 6.37. The van der Waals surface area contributed by atoms with E-state index in [0.717, 1.165) is 6.42 Å². The molecule has 0 spiro atoms. The highest BCUT2D eigenvalue weighted by Gasteiger charge is 2.10. The maximum Gasteiger partial charge on any atom is 0.147 e. The van der Waals surface area contributed by atoms with E-state index in [1.54, 1.807) is 13.1 Å². The second-order valence-corrected chi connectivity index (χ2v) is 5.61. The summed E-state index contributed by atoms with van der Waals surface area (Å²) in [5.41, 5.74) is 0. The molecule has 0 aliphatic carbocycles. The summed E-state index contributed by atoms with van der Waals surface area (Å²) in [5.74, 6) is 1.34. The van der Waals surface area contributed by atoms with Gasteiger partial charge in [0.1, 0.15) is 11.6 Å². The first-order valence-corrected chi connectivity index (χ1v) is 7.64. The maximum absolute atomic E-state index is 6.15. The minimum absolute atomic E-state index is 0.354. The number of halogens is 2. The zero-order valence-electron chi connectivity index (χ0n) is 11.9. The predicted molar refractivity (Wildman–Crippen MR) is 85.6 cm³/mol. The maximum atomic E-state index is 6.15. The Balaban J connectivity index is 2.56. The molecule has 0 radical (unpaired) electrons. The standard InChI is InChI=1S/C14H23Cl2N3/c1-4-5-6-7-8-10(2)18-14-12(16)9-11(15)13(17-3)19-14/h9-10H,4-8H2,1-3H3,(H2,17,18,19). The summed E-state index contributed by atoms with van der Waals surface area (Å²) < 4.78 is 0. The second kappa shape index (κ2) is 8.49. The molecule has 0 bridgehead atoms. The number of pyridine rings is 1. The quantitative estimate of drug-likeness (QED) is 0.648. The van der Waals surface area contributed by atoms with E-state index >= 15 is 0 Å². The van der Waals surface area contributed by atoms with Crippen LogP contribution in [0.3, 0.4) is 0 Å². The molecule has 5 heteroatoms. The first-order valence-electron chi connectivity index (χ1n) is 6.88. The number of aromatic nitrogens is 1. The molecular weight excluding hydrogens is 281 g/mol. The van der Waals surface area contributed by atoms with Crippen molar-refractivity contribution in [3.63, 3.8) is 0 Å². The SMILES string of the molecule is CCCCCCC(C)Nc1nc(NC)c(Cl)cc1Cl. The van der Waals surface area contributed by atoms with E-state index in [0.29, 0.717) is 27.7 Å². The van der Waals surface area contributed by atoms with Crippen LogP contribution in [0.5, 0.6) is 0 Å². The molecule has 0 saturated carbocycles. The Morgan fingerprint density at radius 3 is 2.47 bits per heavy atom. The van der Waals surface area contributed by atoms with Crippen LogP contribution >= 0.6 is 23.2 Å². The lowest BCUT2D eigenvalue weighted by Crippen LogP contribution is -2.16. The van der Waals surface area contributed by atoms with Crippen molar-refractivity contribution in [3.05, 3.63) is 16.1 Å². The molecule has 1 heterocycles. The summed E-state index contributed by atoms with van der Waals surface area (Å²) in [4.78, 5) is 4.39. The van der Waals surface area contributed by atoms with Gasteiger partial charge >= 0.3 is 0 Å². The minimum atomic E-state index is 0.354. The molecule has 0 aliphatic heterocycles. The van der Waals surface area contributed by atoms with Gasteiger partial charge in [0, 0.05) is 13.1 Å². The minimum Gasteiger partial charge on any atom is -0.372 e. The van der Waals surface area contributed by atoms with Gasteiger partial charge in [-0.1, -0.05) is 55.8 Å². The molecular formula is C14H23Cl2N3. The van der Waals surface area contributed by atoms with Crippen LogP contribution in [-0.4, -0.2) is 18.1 Å². The molecule has 0 fully saturated rings. The van der Waals surface area contributed by atoms with E-state index in [9.17, 15) is 0 Å². The molecule has 0 aliphatic rings. The van der Waals surface area contributed by atoms with Crippen molar-refractivity contribution in [2.75, 3.05) is 17.7 Å². The predicted octanol–water partition coefficient (Wildman–Crippen LogP) is 5.20. The van der Waals surface area contributed by atoms with Gasteiger partial charge in [-0.3, -0.25) is 0 Å². The number of hydrogen-bond donors (Lipinski definition) is 2. The second-order valence-electron chi connectivity index (χ2n) is 4.79. The molecule has 1 unspecified atom stereocenters. The topological polar surface area (TPSA) is 37.0 Å². The van der Waals surface area contributed by atoms with Gasteiger partial charge in [-0.15, -0.1) is 0 Å². The third-order valence-electron chi connectivity index (χ3n) is 3.04. The number of nitrogens with zero attached hydrogens (tertiary/aromatic N) is 1. The first kappa shape index (κ1) is 16.4. The number of nitrogens with one attached hydrogen (secondary N) is 2. The van der Waals surface area contributed by atoms with Gasteiger partial charge in [0.25, 0.3) is 0 Å². The fourth-order valence-electron chi connectivity index (χ4n) is 1.93. The van der Waals surface area contributed by atoms with Crippen LogP contribution < -0.4 is 10.6 Å². The number of rotatable bonds is 8. The molecule has 1 atom stereocenters. The van der Waals surface area contributed by atoms with Crippen LogP contribution in [0.25, 0.3) is 0 Å². The van der Waals surface area contributed by atoms with E-state index < -0.39 is 0 Å². The summed E-state index contributed by atoms with van der Waals surface area (Å²) in [5, 5.41) is 7.40. The summed E-state index contributed by atoms with van der Waals surface area (Å²) in [6.45, 7) is 4.37. The van der Waals surface area contributed by atoms with Crippen LogP contribution in [0.2, 0.25) is 10.0 Å². The molecule has 1 aromatic rings. The normalized spacial score (nSPS) is 12.3. The van der Waals surface area contributed by atoms with Crippen molar-refractivity contribution in [1.82, 2.24) is 4.98 Å². The van der Waals surface area contributed by atoms with Crippen molar-refractivity contribution in [2.24, 2.45) is 0 Å². The van der Waals surface area contributed by atoms with Crippen LogP contribution in [0.1, 0.15) is 46.0 Å². The summed E-state index contributed by atoms with van der Waals surface area (Å²) in [6.07, 6.45) is 6.20. The van der Waals surface area contributed by atoms with Crippen LogP contribution in [0.15, 0.2) is 6.07 Å². The molecule has 2 N–H and O–H groups in total. The van der Waals surface area contributed by atoms with E-state index in [4.69, 9.17) is 23.2 Å². The number of unbranched alkanes of at least 4 members (excludes halogenated alkanes) is 3. The lowest BCUT2D eigenvalue weighted by atomic mass is 10.1. The fourth-order valence-corrected chi connectivity index (χ4v) is 2.43. The van der Waals surface area contributed by atoms with Crippen LogP contribution in [-0.2, 0) is 0 Å². The van der Waals surface area contributed by atoms with Gasteiger partial charge in [0.05, 0.1) is 10.0 Å². The molecule has 0 amide bonds. The fraction of sp³-hybridized carbons (Fsp3) is 0.643. The van der Waals surface area contributed by atoms with E-state index in [1.807, 2.05) is 0 Å². The number of anilines is 2. The molecule has 19 heavy (non-hydrogen) atoms. The molecule has 3 nitrogen and oxygen atoms in total. The van der Waals surface area contributed by atoms with Crippen LogP contribution in [0, 0.1) is 0 Å². The Hall–Kier alpha value is -0.670. The zero-order chi connectivity index (χ0) is 14.3. The summed E-state index contributed by atoms with van der Waals surface area (Å²) in [6, 6.07) is 2.07. The van der Waals surface area contributed by atoms with Gasteiger partial charge in [0.2, 0.25) is 0 Å². The Morgan fingerprint density at radius 2 is 1.84 bits per heavy atom. The van der Waals surface area contributed by atoms with E-state index in [1.165, 1.54) is 25.7 Å². The molecule has 0 saturated heterocycles. The van der Waals surface area contributed by atoms with Crippen molar-refractivity contribution in [2.45, 2.75) is 52.0 Å². The average Bonchev–Trinajstić information content (AvgIpc) is 2.38. The lowest BCUT2D eigenvalue weighted by molar-refractivity contribution is 0.593. The van der Waals surface area contributed by atoms with Crippen molar-refractivity contribution >= 4 is 34.8 Å². The Bertz CT molecular complexity index is 397. The third-order valence-corrected chi connectivity index (χ3v) is 3.62. The van der Waals surface area contributed by atoms with Gasteiger partial charge in [0.15, 0.2) is 0 Å². The van der Waals surface area contributed by atoms with Gasteiger partial charge in [-0.25, -0.2) is 4.98 Å². The van der Waals surface area contributed by atoms with E-state index in [2.05, 4.69) is 29.5 Å². The van der Waals surface area contributed by atoms with Gasteiger partial charge in [-0.2, -0.15) is 0 Å². The summed E-state index contributed by atoms with van der Waals surface area (Å²) in [7, 11) is 1.79. The largest absolute Gasteiger partial charge is 0.372 e. The van der Waals surface area contributed by atoms with Crippen molar-refractivity contribution in [1.29, 1.82) is 0 Å². The highest BCUT2D eigenvalue weighted by Crippen LogP contribution is 2.29. The third kappa shape index (κ3) is 5.45. The van der Waals surface area contributed by atoms with Crippen LogP contribution in [0.4, 0.5) is 11.6 Å². The van der Waals surface area contributed by atoms with Gasteiger partial charge in [-0.05, 0) is 19.4 Å². The molecule has 0 aromatic carbocycles. The Labute approximate surface area is 126 Å². The zero-order valence-corrected chi connectivity index (χ0v) is 13.4. The Morgan fingerprint density at radius 1 is 1.16 bits per heavy atom. The average molecular weight is 304 g/mol. The molecule has 108 valence electrons. The first-order chi connectivity index (χ1) is 9.08. The van der Waals surface area contributed by atoms with E-state index in [-0.39, 0.29) is 0 Å². The van der Waals surface area contributed by atoms with Crippen molar-refractivity contribution in [3.8, 4) is 0 Å². The molecule has 1 rings (SSSR count). The lowest BCUT2D eigenvalue weighted by Gasteiger charge is -2.16. The highest BCUT2D eigenvalue weighted by atomic mass is 35.5.